The number of rotatable bonds is 4. The van der Waals surface area contributed by atoms with Crippen LogP contribution in [-0.2, 0) is 6.61 Å². The van der Waals surface area contributed by atoms with Crippen molar-refractivity contribution >= 4 is 28.9 Å². The van der Waals surface area contributed by atoms with Crippen molar-refractivity contribution in [1.82, 2.24) is 4.98 Å². The Morgan fingerprint density at radius 2 is 2.33 bits per heavy atom. The molecule has 1 N–H and O–H groups in total. The second kappa shape index (κ2) is 5.37. The maximum atomic E-state index is 11.0. The summed E-state index contributed by atoms with van der Waals surface area (Å²) in [4.78, 5) is 15.3. The van der Waals surface area contributed by atoms with Crippen molar-refractivity contribution < 1.29 is 14.6 Å². The highest BCUT2D eigenvalue weighted by atomic mass is 35.5. The highest BCUT2D eigenvalue weighted by Gasteiger charge is 2.15. The van der Waals surface area contributed by atoms with Crippen LogP contribution in [0.25, 0.3) is 0 Å². The molecule has 0 unspecified atom stereocenters. The van der Waals surface area contributed by atoms with Crippen LogP contribution in [0.5, 0.6) is 5.75 Å². The number of benzene rings is 1. The van der Waals surface area contributed by atoms with Gasteiger partial charge in [-0.2, -0.15) is 0 Å². The van der Waals surface area contributed by atoms with Crippen LogP contribution < -0.4 is 4.74 Å². The predicted octanol–water partition coefficient (Wildman–Crippen LogP) is 3.38. The van der Waals surface area contributed by atoms with E-state index in [1.54, 1.807) is 12.1 Å². The van der Waals surface area contributed by atoms with Crippen molar-refractivity contribution in [3.63, 3.8) is 0 Å². The molecule has 4 nitrogen and oxygen atoms in total. The molecule has 0 amide bonds. The predicted molar refractivity (Wildman–Crippen MR) is 69.6 cm³/mol. The number of aromatic nitrogens is 1. The summed E-state index contributed by atoms with van der Waals surface area (Å²) < 4.78 is 5.46. The number of aromatic carboxylic acids is 1. The summed E-state index contributed by atoms with van der Waals surface area (Å²) in [5, 5.41) is 12.0. The van der Waals surface area contributed by atoms with Gasteiger partial charge in [0.2, 0.25) is 0 Å². The normalized spacial score (nSPS) is 10.3. The fourth-order valence-electron chi connectivity index (χ4n) is 1.43. The molecule has 0 fully saturated rings. The SMILES string of the molecule is Cc1csc(COc2c(Cl)cccc2C(=O)O)n1. The Kier molecular flexibility index (Phi) is 3.84. The Bertz CT molecular complexity index is 582. The van der Waals surface area contributed by atoms with E-state index in [4.69, 9.17) is 21.4 Å². The zero-order valence-electron chi connectivity index (χ0n) is 9.51. The molecule has 2 rings (SSSR count). The van der Waals surface area contributed by atoms with E-state index in [0.29, 0.717) is 0 Å². The second-order valence-corrected chi connectivity index (χ2v) is 4.94. The highest BCUT2D eigenvalue weighted by molar-refractivity contribution is 7.09. The van der Waals surface area contributed by atoms with Crippen molar-refractivity contribution in [1.29, 1.82) is 0 Å². The average Bonchev–Trinajstić information content (AvgIpc) is 2.73. The van der Waals surface area contributed by atoms with Gasteiger partial charge in [0.15, 0.2) is 5.75 Å². The van der Waals surface area contributed by atoms with E-state index in [1.807, 2.05) is 12.3 Å². The van der Waals surface area contributed by atoms with Crippen molar-refractivity contribution in [2.24, 2.45) is 0 Å². The first-order valence-corrected chi connectivity index (χ1v) is 6.39. The maximum absolute atomic E-state index is 11.0. The van der Waals surface area contributed by atoms with E-state index in [2.05, 4.69) is 4.98 Å². The zero-order chi connectivity index (χ0) is 13.1. The number of aryl methyl sites for hydroxylation is 1. The second-order valence-electron chi connectivity index (χ2n) is 3.59. The van der Waals surface area contributed by atoms with Crippen LogP contribution in [0.4, 0.5) is 0 Å². The number of para-hydroxylation sites is 1. The molecule has 1 aromatic carbocycles. The Morgan fingerprint density at radius 1 is 1.56 bits per heavy atom. The van der Waals surface area contributed by atoms with Crippen LogP contribution in [0, 0.1) is 6.92 Å². The topological polar surface area (TPSA) is 59.4 Å². The van der Waals surface area contributed by atoms with Crippen LogP contribution in [-0.4, -0.2) is 16.1 Å². The van der Waals surface area contributed by atoms with Crippen molar-refractivity contribution in [3.05, 3.63) is 44.9 Å². The minimum Gasteiger partial charge on any atom is -0.484 e. The van der Waals surface area contributed by atoms with Gasteiger partial charge in [-0.25, -0.2) is 9.78 Å². The molecular formula is C12H10ClNO3S. The fourth-order valence-corrected chi connectivity index (χ4v) is 2.34. The minimum absolute atomic E-state index is 0.0516. The molecule has 2 aromatic rings. The number of hydrogen-bond donors (Lipinski definition) is 1. The maximum Gasteiger partial charge on any atom is 0.339 e. The third kappa shape index (κ3) is 2.80. The van der Waals surface area contributed by atoms with Gasteiger partial charge in [-0.3, -0.25) is 0 Å². The molecule has 0 aliphatic rings. The number of thiazole rings is 1. The van der Waals surface area contributed by atoms with Crippen LogP contribution in [0.3, 0.4) is 0 Å². The van der Waals surface area contributed by atoms with E-state index < -0.39 is 5.97 Å². The van der Waals surface area contributed by atoms with E-state index in [9.17, 15) is 4.79 Å². The molecule has 0 bridgehead atoms. The Labute approximate surface area is 113 Å². The minimum atomic E-state index is -1.07. The number of carboxylic acids is 1. The van der Waals surface area contributed by atoms with Crippen molar-refractivity contribution in [2.75, 3.05) is 0 Å². The molecule has 0 saturated carbocycles. The van der Waals surface area contributed by atoms with E-state index in [0.717, 1.165) is 10.7 Å². The molecular weight excluding hydrogens is 274 g/mol. The van der Waals surface area contributed by atoms with Crippen LogP contribution in [0.15, 0.2) is 23.6 Å². The van der Waals surface area contributed by atoms with Gasteiger partial charge in [-0.1, -0.05) is 17.7 Å². The lowest BCUT2D eigenvalue weighted by Crippen LogP contribution is -2.03. The summed E-state index contributed by atoms with van der Waals surface area (Å²) in [5.74, 6) is -0.887. The Balaban J connectivity index is 2.20. The molecule has 0 radical (unpaired) electrons. The summed E-state index contributed by atoms with van der Waals surface area (Å²) in [6.45, 7) is 2.10. The summed E-state index contributed by atoms with van der Waals surface area (Å²) >= 11 is 7.40. The third-order valence-electron chi connectivity index (χ3n) is 2.20. The number of ether oxygens (including phenoxy) is 1. The number of halogens is 1. The largest absolute Gasteiger partial charge is 0.484 e. The fraction of sp³-hybridized carbons (Fsp3) is 0.167. The summed E-state index contributed by atoms with van der Waals surface area (Å²) in [7, 11) is 0. The lowest BCUT2D eigenvalue weighted by atomic mass is 10.2. The van der Waals surface area contributed by atoms with Gasteiger partial charge in [-0.05, 0) is 19.1 Å². The molecule has 0 atom stereocenters. The van der Waals surface area contributed by atoms with E-state index >= 15 is 0 Å². The summed E-state index contributed by atoms with van der Waals surface area (Å²) in [5.41, 5.74) is 0.965. The van der Waals surface area contributed by atoms with Gasteiger partial charge >= 0.3 is 5.97 Å². The number of hydrogen-bond acceptors (Lipinski definition) is 4. The molecule has 94 valence electrons. The first kappa shape index (κ1) is 12.9. The van der Waals surface area contributed by atoms with Gasteiger partial charge in [0.05, 0.1) is 5.02 Å². The van der Waals surface area contributed by atoms with E-state index in [-0.39, 0.29) is 22.9 Å². The molecule has 1 aromatic heterocycles. The van der Waals surface area contributed by atoms with Gasteiger partial charge in [-0.15, -0.1) is 11.3 Å². The lowest BCUT2D eigenvalue weighted by molar-refractivity contribution is 0.0691. The number of carbonyl (C=O) groups is 1. The van der Waals surface area contributed by atoms with E-state index in [1.165, 1.54) is 17.4 Å². The lowest BCUT2D eigenvalue weighted by Gasteiger charge is -2.09. The molecule has 0 aliphatic heterocycles. The average molecular weight is 284 g/mol. The van der Waals surface area contributed by atoms with Gasteiger partial charge in [0.25, 0.3) is 0 Å². The molecule has 18 heavy (non-hydrogen) atoms. The zero-order valence-corrected chi connectivity index (χ0v) is 11.1. The summed E-state index contributed by atoms with van der Waals surface area (Å²) in [6.07, 6.45) is 0. The van der Waals surface area contributed by atoms with Gasteiger partial charge in [0.1, 0.15) is 17.2 Å². The quantitative estimate of drug-likeness (QED) is 0.934. The van der Waals surface area contributed by atoms with Gasteiger partial charge in [0, 0.05) is 11.1 Å². The van der Waals surface area contributed by atoms with Crippen LogP contribution in [0.2, 0.25) is 5.02 Å². The molecule has 0 spiro atoms. The summed E-state index contributed by atoms with van der Waals surface area (Å²) in [6, 6.07) is 4.62. The van der Waals surface area contributed by atoms with Crippen molar-refractivity contribution in [3.8, 4) is 5.75 Å². The first-order valence-electron chi connectivity index (χ1n) is 5.13. The molecule has 6 heteroatoms. The van der Waals surface area contributed by atoms with Crippen LogP contribution >= 0.6 is 22.9 Å². The van der Waals surface area contributed by atoms with Crippen LogP contribution in [0.1, 0.15) is 21.1 Å². The molecule has 1 heterocycles. The first-order chi connectivity index (χ1) is 8.58. The smallest absolute Gasteiger partial charge is 0.339 e. The standard InChI is InChI=1S/C12H10ClNO3S/c1-7-6-18-10(14-7)5-17-11-8(12(15)16)3-2-4-9(11)13/h2-4,6H,5H2,1H3,(H,15,16). The monoisotopic (exact) mass is 283 g/mol. The Morgan fingerprint density at radius 3 is 2.94 bits per heavy atom. The third-order valence-corrected chi connectivity index (χ3v) is 3.44. The van der Waals surface area contributed by atoms with Crippen molar-refractivity contribution in [2.45, 2.75) is 13.5 Å². The highest BCUT2D eigenvalue weighted by Crippen LogP contribution is 2.29. The molecule has 0 aliphatic carbocycles. The molecule has 0 saturated heterocycles. The van der Waals surface area contributed by atoms with Gasteiger partial charge < -0.3 is 9.84 Å². The Hall–Kier alpha value is -1.59. The number of nitrogens with zero attached hydrogens (tertiary/aromatic N) is 1. The number of carboxylic acid groups (broad SMARTS) is 1.